The van der Waals surface area contributed by atoms with E-state index in [1.54, 1.807) is 11.1 Å². The summed E-state index contributed by atoms with van der Waals surface area (Å²) in [6, 6.07) is 11.6. The first kappa shape index (κ1) is 17.6. The maximum Gasteiger partial charge on any atom is 0.239 e. The Hall–Kier alpha value is -2.25. The number of thiazole rings is 1. The second-order valence-corrected chi connectivity index (χ2v) is 7.71. The second kappa shape index (κ2) is 7.76. The zero-order valence-corrected chi connectivity index (χ0v) is 15.6. The molecule has 0 aliphatic heterocycles. The smallest absolute Gasteiger partial charge is 0.239 e. The minimum Gasteiger partial charge on any atom is -0.288 e. The molecule has 2 heterocycles. The van der Waals surface area contributed by atoms with E-state index in [0.29, 0.717) is 11.7 Å². The molecule has 0 saturated carbocycles. The molecular weight excluding hydrogens is 354 g/mol. The SMILES string of the molecule is CC(=O)SCC(=O)N(Cc1ccccn1)c1nc2ccc(C)cc2s1. The van der Waals surface area contributed by atoms with Crippen LogP contribution in [0.25, 0.3) is 10.2 Å². The van der Waals surface area contributed by atoms with E-state index in [1.807, 2.05) is 37.3 Å². The van der Waals surface area contributed by atoms with E-state index in [9.17, 15) is 9.59 Å². The number of rotatable bonds is 5. The Labute approximate surface area is 154 Å². The average molecular weight is 371 g/mol. The van der Waals surface area contributed by atoms with E-state index < -0.39 is 0 Å². The van der Waals surface area contributed by atoms with Gasteiger partial charge >= 0.3 is 0 Å². The van der Waals surface area contributed by atoms with Crippen molar-refractivity contribution in [3.05, 3.63) is 53.9 Å². The second-order valence-electron chi connectivity index (χ2n) is 5.55. The number of thioether (sulfide) groups is 1. The third kappa shape index (κ3) is 4.43. The molecule has 0 saturated heterocycles. The van der Waals surface area contributed by atoms with Gasteiger partial charge in [-0.25, -0.2) is 4.98 Å². The van der Waals surface area contributed by atoms with Gasteiger partial charge in [-0.05, 0) is 36.8 Å². The van der Waals surface area contributed by atoms with Crippen molar-refractivity contribution >= 4 is 49.5 Å². The van der Waals surface area contributed by atoms with Crippen LogP contribution in [-0.4, -0.2) is 26.7 Å². The summed E-state index contributed by atoms with van der Waals surface area (Å²) in [5.41, 5.74) is 2.79. The molecule has 3 rings (SSSR count). The zero-order valence-electron chi connectivity index (χ0n) is 13.9. The Morgan fingerprint density at radius 1 is 1.24 bits per heavy atom. The van der Waals surface area contributed by atoms with Crippen molar-refractivity contribution in [2.45, 2.75) is 20.4 Å². The number of pyridine rings is 1. The molecule has 3 aromatic rings. The zero-order chi connectivity index (χ0) is 17.8. The number of aryl methyl sites for hydroxylation is 1. The van der Waals surface area contributed by atoms with E-state index in [2.05, 4.69) is 16.0 Å². The molecule has 0 aliphatic rings. The van der Waals surface area contributed by atoms with E-state index >= 15 is 0 Å². The number of hydrogen-bond donors (Lipinski definition) is 0. The van der Waals surface area contributed by atoms with Gasteiger partial charge in [0.25, 0.3) is 0 Å². The summed E-state index contributed by atoms with van der Waals surface area (Å²) in [7, 11) is 0. The van der Waals surface area contributed by atoms with Crippen molar-refractivity contribution in [3.8, 4) is 0 Å². The van der Waals surface area contributed by atoms with Gasteiger partial charge in [0.15, 0.2) is 10.2 Å². The number of amides is 1. The number of hydrogen-bond acceptors (Lipinski definition) is 6. The van der Waals surface area contributed by atoms with E-state index in [1.165, 1.54) is 18.3 Å². The summed E-state index contributed by atoms with van der Waals surface area (Å²) in [6.45, 7) is 3.82. The predicted octanol–water partition coefficient (Wildman–Crippen LogP) is 3.81. The van der Waals surface area contributed by atoms with Gasteiger partial charge in [-0.2, -0.15) is 0 Å². The fraction of sp³-hybridized carbons (Fsp3) is 0.222. The van der Waals surface area contributed by atoms with Crippen LogP contribution in [0.3, 0.4) is 0 Å². The molecule has 0 aliphatic carbocycles. The topological polar surface area (TPSA) is 63.2 Å². The van der Waals surface area contributed by atoms with Crippen LogP contribution in [0.4, 0.5) is 5.13 Å². The Kier molecular flexibility index (Phi) is 5.45. The highest BCUT2D eigenvalue weighted by Gasteiger charge is 2.21. The summed E-state index contributed by atoms with van der Waals surface area (Å²) in [5, 5.41) is 0.548. The predicted molar refractivity (Wildman–Crippen MR) is 103 cm³/mol. The summed E-state index contributed by atoms with van der Waals surface area (Å²) >= 11 is 2.48. The van der Waals surface area contributed by atoms with Crippen LogP contribution in [0.2, 0.25) is 0 Å². The van der Waals surface area contributed by atoms with Crippen LogP contribution in [0.1, 0.15) is 18.2 Å². The number of fused-ring (bicyclic) bond motifs is 1. The van der Waals surface area contributed by atoms with Gasteiger partial charge in [-0.15, -0.1) is 0 Å². The molecule has 0 bridgehead atoms. The Morgan fingerprint density at radius 3 is 2.80 bits per heavy atom. The van der Waals surface area contributed by atoms with Crippen molar-refractivity contribution in [2.75, 3.05) is 10.7 Å². The first-order valence-electron chi connectivity index (χ1n) is 7.74. The van der Waals surface area contributed by atoms with Crippen molar-refractivity contribution in [2.24, 2.45) is 0 Å². The lowest BCUT2D eigenvalue weighted by molar-refractivity contribution is -0.116. The van der Waals surface area contributed by atoms with Crippen molar-refractivity contribution in [1.82, 2.24) is 9.97 Å². The summed E-state index contributed by atoms with van der Waals surface area (Å²) < 4.78 is 1.04. The highest BCUT2D eigenvalue weighted by Crippen LogP contribution is 2.30. The van der Waals surface area contributed by atoms with Crippen LogP contribution in [0.5, 0.6) is 0 Å². The molecule has 0 spiro atoms. The van der Waals surface area contributed by atoms with Crippen LogP contribution in [-0.2, 0) is 16.1 Å². The molecule has 1 aromatic carbocycles. The Morgan fingerprint density at radius 2 is 2.08 bits per heavy atom. The molecule has 0 N–H and O–H groups in total. The Balaban J connectivity index is 1.93. The standard InChI is InChI=1S/C18H17N3O2S2/c1-12-6-7-15-16(9-12)25-18(20-15)21(17(23)11-24-13(2)22)10-14-5-3-4-8-19-14/h3-9H,10-11H2,1-2H3. The van der Waals surface area contributed by atoms with E-state index in [4.69, 9.17) is 0 Å². The van der Waals surface area contributed by atoms with Gasteiger partial charge in [0.1, 0.15) is 0 Å². The van der Waals surface area contributed by atoms with Gasteiger partial charge in [-0.3, -0.25) is 19.5 Å². The highest BCUT2D eigenvalue weighted by atomic mass is 32.2. The molecule has 7 heteroatoms. The normalized spacial score (nSPS) is 10.8. The maximum absolute atomic E-state index is 12.7. The molecular formula is C18H17N3O2S2. The lowest BCUT2D eigenvalue weighted by atomic mass is 10.2. The molecule has 1 amide bonds. The quantitative estimate of drug-likeness (QED) is 0.682. The minimum atomic E-state index is -0.151. The number of aromatic nitrogens is 2. The lowest BCUT2D eigenvalue weighted by Crippen LogP contribution is -2.32. The third-order valence-corrected chi connectivity index (χ3v) is 5.35. The fourth-order valence-corrected chi connectivity index (χ4v) is 3.86. The van der Waals surface area contributed by atoms with Gasteiger partial charge < -0.3 is 0 Å². The number of nitrogens with zero attached hydrogens (tertiary/aromatic N) is 3. The molecule has 0 unspecified atom stereocenters. The van der Waals surface area contributed by atoms with Gasteiger partial charge in [-0.1, -0.05) is 35.2 Å². The van der Waals surface area contributed by atoms with E-state index in [-0.39, 0.29) is 16.8 Å². The number of carbonyl (C=O) groups excluding carboxylic acids is 2. The molecule has 128 valence electrons. The molecule has 2 aromatic heterocycles. The number of benzene rings is 1. The third-order valence-electron chi connectivity index (χ3n) is 3.51. The summed E-state index contributed by atoms with van der Waals surface area (Å²) in [4.78, 5) is 34.4. The van der Waals surface area contributed by atoms with Crippen LogP contribution < -0.4 is 4.90 Å². The highest BCUT2D eigenvalue weighted by molar-refractivity contribution is 8.14. The van der Waals surface area contributed by atoms with Crippen LogP contribution >= 0.6 is 23.1 Å². The lowest BCUT2D eigenvalue weighted by Gasteiger charge is -2.19. The molecule has 0 radical (unpaired) electrons. The number of carbonyl (C=O) groups is 2. The van der Waals surface area contributed by atoms with Crippen LogP contribution in [0.15, 0.2) is 42.6 Å². The van der Waals surface area contributed by atoms with Crippen molar-refractivity contribution in [1.29, 1.82) is 0 Å². The van der Waals surface area contributed by atoms with E-state index in [0.717, 1.165) is 33.2 Å². The molecule has 25 heavy (non-hydrogen) atoms. The van der Waals surface area contributed by atoms with Gasteiger partial charge in [0, 0.05) is 13.1 Å². The largest absolute Gasteiger partial charge is 0.288 e. The molecule has 0 fully saturated rings. The average Bonchev–Trinajstić information content (AvgIpc) is 3.01. The maximum atomic E-state index is 12.7. The van der Waals surface area contributed by atoms with Gasteiger partial charge in [0.2, 0.25) is 5.91 Å². The summed E-state index contributed by atoms with van der Waals surface area (Å²) in [5.74, 6) is -0.0569. The fourth-order valence-electron chi connectivity index (χ4n) is 2.29. The number of anilines is 1. The monoisotopic (exact) mass is 371 g/mol. The molecule has 0 atom stereocenters. The summed E-state index contributed by atoms with van der Waals surface area (Å²) in [6.07, 6.45) is 1.70. The van der Waals surface area contributed by atoms with Gasteiger partial charge in [0.05, 0.1) is 28.2 Å². The first-order chi connectivity index (χ1) is 12.0. The van der Waals surface area contributed by atoms with Crippen molar-refractivity contribution < 1.29 is 9.59 Å². The minimum absolute atomic E-state index is 0.0777. The van der Waals surface area contributed by atoms with Crippen molar-refractivity contribution in [3.63, 3.8) is 0 Å². The first-order valence-corrected chi connectivity index (χ1v) is 9.54. The molecule has 5 nitrogen and oxygen atoms in total. The van der Waals surface area contributed by atoms with Crippen LogP contribution in [0, 0.1) is 6.92 Å². The Bertz CT molecular complexity index is 909.